The van der Waals surface area contributed by atoms with E-state index in [1.54, 1.807) is 6.07 Å². The molecule has 0 bridgehead atoms. The van der Waals surface area contributed by atoms with Crippen LogP contribution in [0.1, 0.15) is 32.5 Å². The molecule has 20 heavy (non-hydrogen) atoms. The predicted molar refractivity (Wildman–Crippen MR) is 77.9 cm³/mol. The molecule has 0 radical (unpaired) electrons. The molecule has 0 saturated carbocycles. The topological polar surface area (TPSA) is 79.3 Å². The third kappa shape index (κ3) is 2.97. The number of thiophene rings is 1. The first-order valence-corrected chi connectivity index (χ1v) is 6.99. The third-order valence-electron chi connectivity index (χ3n) is 2.60. The van der Waals surface area contributed by atoms with Gasteiger partial charge in [-0.2, -0.15) is 0 Å². The van der Waals surface area contributed by atoms with Gasteiger partial charge in [0.15, 0.2) is 0 Å². The maximum Gasteiger partial charge on any atom is 0.338 e. The number of nitrogens with one attached hydrogen (secondary N) is 1. The number of hydrogen-bond acceptors (Lipinski definition) is 4. The number of anilines is 1. The lowest BCUT2D eigenvalue weighted by Crippen LogP contribution is -2.13. The monoisotopic (exact) mass is 310 g/mol. The van der Waals surface area contributed by atoms with Crippen LogP contribution in [0.3, 0.4) is 0 Å². The van der Waals surface area contributed by atoms with Gasteiger partial charge in [0.2, 0.25) is 0 Å². The summed E-state index contributed by atoms with van der Waals surface area (Å²) in [6, 6.07) is 3.06. The standard InChI is InChI=1S/C13H11ClN2O3S/c1-2-7-5-8(13(18)19)12(20-7)16-11(17)9-6-15-4-3-10(9)14/h3-6H,2H2,1H3,(H,16,17)(H,18,19). The molecule has 2 heterocycles. The Balaban J connectivity index is 2.30. The van der Waals surface area contributed by atoms with E-state index in [1.165, 1.54) is 29.8 Å². The number of aromatic carboxylic acids is 1. The first-order valence-electron chi connectivity index (χ1n) is 5.79. The molecular weight excluding hydrogens is 300 g/mol. The summed E-state index contributed by atoms with van der Waals surface area (Å²) in [6.45, 7) is 1.92. The van der Waals surface area contributed by atoms with E-state index in [1.807, 2.05) is 6.92 Å². The van der Waals surface area contributed by atoms with Crippen LogP contribution in [0.2, 0.25) is 5.02 Å². The van der Waals surface area contributed by atoms with Gasteiger partial charge < -0.3 is 10.4 Å². The van der Waals surface area contributed by atoms with E-state index in [4.69, 9.17) is 16.7 Å². The van der Waals surface area contributed by atoms with Crippen LogP contribution in [0.15, 0.2) is 24.5 Å². The summed E-state index contributed by atoms with van der Waals surface area (Å²) >= 11 is 7.15. The van der Waals surface area contributed by atoms with Crippen molar-refractivity contribution in [3.63, 3.8) is 0 Å². The molecule has 0 aliphatic heterocycles. The molecule has 0 saturated heterocycles. The van der Waals surface area contributed by atoms with Crippen LogP contribution in [-0.2, 0) is 6.42 Å². The van der Waals surface area contributed by atoms with Gasteiger partial charge in [-0.25, -0.2) is 4.79 Å². The number of nitrogens with zero attached hydrogens (tertiary/aromatic N) is 1. The molecule has 1 amide bonds. The summed E-state index contributed by atoms with van der Waals surface area (Å²) in [5.74, 6) is -1.55. The minimum atomic E-state index is -1.08. The molecule has 2 rings (SSSR count). The molecule has 104 valence electrons. The highest BCUT2D eigenvalue weighted by molar-refractivity contribution is 7.16. The number of aromatic nitrogens is 1. The van der Waals surface area contributed by atoms with Gasteiger partial charge in [-0.3, -0.25) is 9.78 Å². The number of hydrogen-bond donors (Lipinski definition) is 2. The van der Waals surface area contributed by atoms with Crippen molar-refractivity contribution in [3.8, 4) is 0 Å². The lowest BCUT2D eigenvalue weighted by Gasteiger charge is -2.05. The van der Waals surface area contributed by atoms with Crippen molar-refractivity contribution in [2.24, 2.45) is 0 Å². The summed E-state index contributed by atoms with van der Waals surface area (Å²) in [5.41, 5.74) is 0.289. The Kier molecular flexibility index (Phi) is 4.36. The average Bonchev–Trinajstić information content (AvgIpc) is 2.82. The number of carboxylic acid groups (broad SMARTS) is 1. The Bertz CT molecular complexity index is 669. The Morgan fingerprint density at radius 1 is 1.45 bits per heavy atom. The summed E-state index contributed by atoms with van der Waals surface area (Å²) in [5, 5.41) is 12.3. The number of carbonyl (C=O) groups is 2. The van der Waals surface area contributed by atoms with Gasteiger partial charge in [-0.05, 0) is 18.6 Å². The van der Waals surface area contributed by atoms with Crippen LogP contribution >= 0.6 is 22.9 Å². The third-order valence-corrected chi connectivity index (χ3v) is 4.13. The quantitative estimate of drug-likeness (QED) is 0.908. The molecule has 0 atom stereocenters. The molecule has 2 aromatic heterocycles. The molecule has 7 heteroatoms. The minimum absolute atomic E-state index is 0.0835. The molecule has 0 aliphatic rings. The Morgan fingerprint density at radius 3 is 2.80 bits per heavy atom. The molecule has 5 nitrogen and oxygen atoms in total. The zero-order valence-corrected chi connectivity index (χ0v) is 12.1. The van der Waals surface area contributed by atoms with E-state index >= 15 is 0 Å². The van der Waals surface area contributed by atoms with Crippen LogP contribution in [0.25, 0.3) is 0 Å². The van der Waals surface area contributed by atoms with E-state index < -0.39 is 11.9 Å². The van der Waals surface area contributed by atoms with E-state index in [0.29, 0.717) is 11.4 Å². The van der Waals surface area contributed by atoms with Crippen LogP contribution in [0.5, 0.6) is 0 Å². The second kappa shape index (κ2) is 6.02. The zero-order chi connectivity index (χ0) is 14.7. The van der Waals surface area contributed by atoms with Crippen LogP contribution in [0.4, 0.5) is 5.00 Å². The van der Waals surface area contributed by atoms with Gasteiger partial charge in [0.25, 0.3) is 5.91 Å². The van der Waals surface area contributed by atoms with Crippen LogP contribution in [0, 0.1) is 0 Å². The highest BCUT2D eigenvalue weighted by atomic mass is 35.5. The van der Waals surface area contributed by atoms with Gasteiger partial charge in [-0.1, -0.05) is 18.5 Å². The number of aryl methyl sites for hydroxylation is 1. The van der Waals surface area contributed by atoms with Crippen molar-refractivity contribution < 1.29 is 14.7 Å². The Hall–Kier alpha value is -1.92. The second-order valence-corrected chi connectivity index (χ2v) is 5.47. The summed E-state index contributed by atoms with van der Waals surface area (Å²) in [4.78, 5) is 28.0. The molecule has 0 unspecified atom stereocenters. The van der Waals surface area contributed by atoms with Gasteiger partial charge in [-0.15, -0.1) is 11.3 Å². The van der Waals surface area contributed by atoms with E-state index in [9.17, 15) is 9.59 Å². The molecule has 0 aromatic carbocycles. The summed E-state index contributed by atoms with van der Waals surface area (Å²) in [6.07, 6.45) is 3.52. The van der Waals surface area contributed by atoms with Crippen molar-refractivity contribution >= 4 is 39.8 Å². The first kappa shape index (κ1) is 14.5. The van der Waals surface area contributed by atoms with Crippen molar-refractivity contribution in [2.75, 3.05) is 5.32 Å². The van der Waals surface area contributed by atoms with Crippen molar-refractivity contribution in [1.29, 1.82) is 0 Å². The van der Waals surface area contributed by atoms with Crippen molar-refractivity contribution in [3.05, 3.63) is 45.6 Å². The molecule has 2 aromatic rings. The highest BCUT2D eigenvalue weighted by Crippen LogP contribution is 2.29. The van der Waals surface area contributed by atoms with E-state index in [0.717, 1.165) is 4.88 Å². The van der Waals surface area contributed by atoms with Crippen LogP contribution in [-0.4, -0.2) is 22.0 Å². The number of carbonyl (C=O) groups excluding carboxylic acids is 1. The molecule has 0 fully saturated rings. The van der Waals surface area contributed by atoms with Gasteiger partial charge in [0.05, 0.1) is 16.1 Å². The highest BCUT2D eigenvalue weighted by Gasteiger charge is 2.18. The van der Waals surface area contributed by atoms with Gasteiger partial charge in [0, 0.05) is 17.3 Å². The maximum atomic E-state index is 12.1. The fourth-order valence-electron chi connectivity index (χ4n) is 1.58. The van der Waals surface area contributed by atoms with Gasteiger partial charge in [0.1, 0.15) is 5.00 Å². The largest absolute Gasteiger partial charge is 0.478 e. The molecular formula is C13H11ClN2O3S. The number of halogens is 1. The molecule has 0 aliphatic carbocycles. The van der Waals surface area contributed by atoms with Gasteiger partial charge >= 0.3 is 5.97 Å². The predicted octanol–water partition coefficient (Wildman–Crippen LogP) is 3.31. The Labute approximate surface area is 124 Å². The lowest BCUT2D eigenvalue weighted by molar-refractivity contribution is 0.0698. The number of amides is 1. The number of rotatable bonds is 4. The number of pyridine rings is 1. The first-order chi connectivity index (χ1) is 9.52. The fraction of sp³-hybridized carbons (Fsp3) is 0.154. The maximum absolute atomic E-state index is 12.1. The average molecular weight is 311 g/mol. The minimum Gasteiger partial charge on any atom is -0.478 e. The van der Waals surface area contributed by atoms with Crippen molar-refractivity contribution in [1.82, 2.24) is 4.98 Å². The summed E-state index contributed by atoms with van der Waals surface area (Å²) < 4.78 is 0. The zero-order valence-electron chi connectivity index (χ0n) is 10.5. The molecule has 0 spiro atoms. The van der Waals surface area contributed by atoms with Crippen LogP contribution < -0.4 is 5.32 Å². The normalized spacial score (nSPS) is 10.3. The summed E-state index contributed by atoms with van der Waals surface area (Å²) in [7, 11) is 0. The van der Waals surface area contributed by atoms with E-state index in [-0.39, 0.29) is 16.1 Å². The number of carboxylic acids is 1. The lowest BCUT2D eigenvalue weighted by atomic mass is 10.2. The van der Waals surface area contributed by atoms with E-state index in [2.05, 4.69) is 10.3 Å². The Morgan fingerprint density at radius 2 is 2.20 bits per heavy atom. The fourth-order valence-corrected chi connectivity index (χ4v) is 2.76. The molecule has 2 N–H and O–H groups in total. The second-order valence-electron chi connectivity index (χ2n) is 3.92. The van der Waals surface area contributed by atoms with Crippen molar-refractivity contribution in [2.45, 2.75) is 13.3 Å². The smallest absolute Gasteiger partial charge is 0.338 e. The SMILES string of the molecule is CCc1cc(C(=O)O)c(NC(=O)c2cnccc2Cl)s1.